The van der Waals surface area contributed by atoms with E-state index in [-0.39, 0.29) is 5.91 Å². The molecule has 1 aromatic carbocycles. The van der Waals surface area contributed by atoms with Crippen molar-refractivity contribution >= 4 is 23.2 Å². The zero-order chi connectivity index (χ0) is 12.7. The average molecular weight is 254 g/mol. The van der Waals surface area contributed by atoms with E-state index in [1.165, 1.54) is 0 Å². The Bertz CT molecular complexity index is 348. The third kappa shape index (κ3) is 4.39. The van der Waals surface area contributed by atoms with Crippen LogP contribution in [-0.2, 0) is 4.79 Å². The van der Waals surface area contributed by atoms with Crippen molar-refractivity contribution < 1.29 is 4.79 Å². The Morgan fingerprint density at radius 3 is 2.35 bits per heavy atom. The van der Waals surface area contributed by atoms with Crippen LogP contribution in [0.25, 0.3) is 0 Å². The quantitative estimate of drug-likeness (QED) is 0.741. The first-order valence-corrected chi connectivity index (χ1v) is 6.62. The number of hydrogen-bond donors (Lipinski definition) is 0. The van der Waals surface area contributed by atoms with Crippen molar-refractivity contribution in [3.63, 3.8) is 0 Å². The molecule has 0 bridgehead atoms. The highest BCUT2D eigenvalue weighted by atomic mass is 35.5. The van der Waals surface area contributed by atoms with Crippen LogP contribution >= 0.6 is 11.6 Å². The standard InChI is InChI=1S/C14H20ClNO/c1-3-5-11-16(14(17)6-4-2)13-9-7-12(15)8-10-13/h7-10H,3-6,11H2,1-2H3. The summed E-state index contributed by atoms with van der Waals surface area (Å²) in [7, 11) is 0. The van der Waals surface area contributed by atoms with Crippen LogP contribution in [0.2, 0.25) is 5.02 Å². The fourth-order valence-electron chi connectivity index (χ4n) is 1.68. The molecule has 1 amide bonds. The van der Waals surface area contributed by atoms with Gasteiger partial charge in [0.2, 0.25) is 5.91 Å². The lowest BCUT2D eigenvalue weighted by Crippen LogP contribution is -2.31. The number of anilines is 1. The van der Waals surface area contributed by atoms with Gasteiger partial charge in [0.15, 0.2) is 0 Å². The first kappa shape index (κ1) is 14.0. The molecule has 0 saturated carbocycles. The third-order valence-electron chi connectivity index (χ3n) is 2.64. The number of carbonyl (C=O) groups excluding carboxylic acids is 1. The molecule has 1 rings (SSSR count). The van der Waals surface area contributed by atoms with Crippen molar-refractivity contribution in [1.82, 2.24) is 0 Å². The van der Waals surface area contributed by atoms with Gasteiger partial charge < -0.3 is 4.90 Å². The summed E-state index contributed by atoms with van der Waals surface area (Å²) in [4.78, 5) is 13.9. The van der Waals surface area contributed by atoms with E-state index in [2.05, 4.69) is 6.92 Å². The summed E-state index contributed by atoms with van der Waals surface area (Å²) in [5, 5.41) is 0.701. The van der Waals surface area contributed by atoms with Crippen LogP contribution < -0.4 is 4.90 Å². The Hall–Kier alpha value is -1.02. The minimum Gasteiger partial charge on any atom is -0.312 e. The summed E-state index contributed by atoms with van der Waals surface area (Å²) < 4.78 is 0. The SMILES string of the molecule is CCCCN(C(=O)CCC)c1ccc(Cl)cc1. The molecule has 1 aromatic rings. The molecule has 3 heteroatoms. The van der Waals surface area contributed by atoms with Crippen molar-refractivity contribution in [2.45, 2.75) is 39.5 Å². The van der Waals surface area contributed by atoms with Gasteiger partial charge >= 0.3 is 0 Å². The second kappa shape index (κ2) is 7.33. The van der Waals surface area contributed by atoms with Crippen molar-refractivity contribution in [3.8, 4) is 0 Å². The lowest BCUT2D eigenvalue weighted by atomic mass is 10.2. The molecular weight excluding hydrogens is 234 g/mol. The van der Waals surface area contributed by atoms with Crippen molar-refractivity contribution in [3.05, 3.63) is 29.3 Å². The Balaban J connectivity index is 2.81. The van der Waals surface area contributed by atoms with Gasteiger partial charge in [-0.3, -0.25) is 4.79 Å². The number of carbonyl (C=O) groups is 1. The molecule has 2 nitrogen and oxygen atoms in total. The zero-order valence-corrected chi connectivity index (χ0v) is 11.3. The summed E-state index contributed by atoms with van der Waals surface area (Å²) in [5.74, 6) is 0.197. The predicted molar refractivity (Wildman–Crippen MR) is 73.6 cm³/mol. The van der Waals surface area contributed by atoms with Gasteiger partial charge in [0.05, 0.1) is 0 Å². The number of unbranched alkanes of at least 4 members (excludes halogenated alkanes) is 1. The van der Waals surface area contributed by atoms with Crippen LogP contribution in [0.4, 0.5) is 5.69 Å². The zero-order valence-electron chi connectivity index (χ0n) is 10.6. The number of halogens is 1. The van der Waals surface area contributed by atoms with Gasteiger partial charge in [-0.1, -0.05) is 31.9 Å². The summed E-state index contributed by atoms with van der Waals surface area (Å²) in [5.41, 5.74) is 0.946. The molecule has 0 fully saturated rings. The summed E-state index contributed by atoms with van der Waals surface area (Å²) in [6.07, 6.45) is 3.60. The van der Waals surface area contributed by atoms with E-state index in [9.17, 15) is 4.79 Å². The lowest BCUT2D eigenvalue weighted by Gasteiger charge is -2.22. The molecule has 17 heavy (non-hydrogen) atoms. The van der Waals surface area contributed by atoms with E-state index >= 15 is 0 Å². The lowest BCUT2D eigenvalue weighted by molar-refractivity contribution is -0.118. The second-order valence-electron chi connectivity index (χ2n) is 4.13. The van der Waals surface area contributed by atoms with E-state index in [4.69, 9.17) is 11.6 Å². The largest absolute Gasteiger partial charge is 0.312 e. The molecule has 0 aliphatic rings. The number of hydrogen-bond acceptors (Lipinski definition) is 1. The average Bonchev–Trinajstić information content (AvgIpc) is 2.32. The van der Waals surface area contributed by atoms with Gasteiger partial charge in [-0.05, 0) is 37.1 Å². The van der Waals surface area contributed by atoms with E-state index < -0.39 is 0 Å². The normalized spacial score (nSPS) is 10.3. The highest BCUT2D eigenvalue weighted by molar-refractivity contribution is 6.30. The van der Waals surface area contributed by atoms with Crippen LogP contribution in [0, 0.1) is 0 Å². The first-order chi connectivity index (χ1) is 8.19. The van der Waals surface area contributed by atoms with Crippen molar-refractivity contribution in [2.24, 2.45) is 0 Å². The van der Waals surface area contributed by atoms with E-state index in [1.807, 2.05) is 36.1 Å². The predicted octanol–water partition coefficient (Wildman–Crippen LogP) is 4.27. The second-order valence-corrected chi connectivity index (χ2v) is 4.56. The number of benzene rings is 1. The van der Waals surface area contributed by atoms with Gasteiger partial charge in [-0.2, -0.15) is 0 Å². The minimum atomic E-state index is 0.197. The topological polar surface area (TPSA) is 20.3 Å². The summed E-state index contributed by atoms with van der Waals surface area (Å²) in [6, 6.07) is 7.47. The maximum absolute atomic E-state index is 12.0. The van der Waals surface area contributed by atoms with E-state index in [1.54, 1.807) is 0 Å². The third-order valence-corrected chi connectivity index (χ3v) is 2.89. The smallest absolute Gasteiger partial charge is 0.226 e. The Morgan fingerprint density at radius 2 is 1.82 bits per heavy atom. The molecular formula is C14H20ClNO. The van der Waals surface area contributed by atoms with Gasteiger partial charge in [0, 0.05) is 23.7 Å². The highest BCUT2D eigenvalue weighted by Crippen LogP contribution is 2.19. The number of nitrogens with zero attached hydrogens (tertiary/aromatic N) is 1. The first-order valence-electron chi connectivity index (χ1n) is 6.25. The van der Waals surface area contributed by atoms with Gasteiger partial charge in [-0.25, -0.2) is 0 Å². The number of rotatable bonds is 6. The van der Waals surface area contributed by atoms with Crippen LogP contribution in [0.3, 0.4) is 0 Å². The maximum Gasteiger partial charge on any atom is 0.226 e. The fourth-order valence-corrected chi connectivity index (χ4v) is 1.81. The molecule has 0 radical (unpaired) electrons. The molecule has 0 heterocycles. The fraction of sp³-hybridized carbons (Fsp3) is 0.500. The van der Waals surface area contributed by atoms with Gasteiger partial charge in [-0.15, -0.1) is 0 Å². The van der Waals surface area contributed by atoms with E-state index in [0.29, 0.717) is 11.4 Å². The van der Waals surface area contributed by atoms with Crippen molar-refractivity contribution in [1.29, 1.82) is 0 Å². The monoisotopic (exact) mass is 253 g/mol. The van der Waals surface area contributed by atoms with Gasteiger partial charge in [0.25, 0.3) is 0 Å². The molecule has 94 valence electrons. The van der Waals surface area contributed by atoms with Crippen LogP contribution in [0.5, 0.6) is 0 Å². The van der Waals surface area contributed by atoms with E-state index in [0.717, 1.165) is 31.5 Å². The summed E-state index contributed by atoms with van der Waals surface area (Å²) >= 11 is 5.86. The minimum absolute atomic E-state index is 0.197. The number of amides is 1. The van der Waals surface area contributed by atoms with Gasteiger partial charge in [0.1, 0.15) is 0 Å². The van der Waals surface area contributed by atoms with Crippen LogP contribution in [0.1, 0.15) is 39.5 Å². The maximum atomic E-state index is 12.0. The molecule has 0 saturated heterocycles. The molecule has 0 aliphatic heterocycles. The Kier molecular flexibility index (Phi) is 6.06. The molecule has 0 N–H and O–H groups in total. The Morgan fingerprint density at radius 1 is 1.18 bits per heavy atom. The summed E-state index contributed by atoms with van der Waals surface area (Å²) in [6.45, 7) is 4.94. The highest BCUT2D eigenvalue weighted by Gasteiger charge is 2.13. The molecule has 0 spiro atoms. The Labute approximate surface area is 109 Å². The van der Waals surface area contributed by atoms with Crippen molar-refractivity contribution in [2.75, 3.05) is 11.4 Å². The molecule has 0 aromatic heterocycles. The van der Waals surface area contributed by atoms with Crippen LogP contribution in [0.15, 0.2) is 24.3 Å². The molecule has 0 aliphatic carbocycles. The molecule has 0 atom stereocenters. The molecule has 0 unspecified atom stereocenters. The van der Waals surface area contributed by atoms with Crippen LogP contribution in [-0.4, -0.2) is 12.5 Å².